The van der Waals surface area contributed by atoms with Crippen molar-refractivity contribution in [3.8, 4) is 0 Å². The lowest BCUT2D eigenvalue weighted by atomic mass is 9.93. The third-order valence-electron chi connectivity index (χ3n) is 6.28. The first-order valence-corrected chi connectivity index (χ1v) is 11.1. The molecule has 1 aliphatic carbocycles. The van der Waals surface area contributed by atoms with Gasteiger partial charge in [-0.05, 0) is 42.5 Å². The fraction of sp³-hybridized carbons (Fsp3) is 0.320. The number of hydrogen-bond acceptors (Lipinski definition) is 3. The molecule has 5 rings (SSSR count). The molecule has 2 atom stereocenters. The number of aromatic nitrogens is 1. The molecule has 170 valence electrons. The van der Waals surface area contributed by atoms with Crippen molar-refractivity contribution in [3.05, 3.63) is 77.2 Å². The van der Waals surface area contributed by atoms with Gasteiger partial charge < -0.3 is 4.98 Å². The summed E-state index contributed by atoms with van der Waals surface area (Å²) in [5.41, 5.74) is 3.89. The second-order valence-electron chi connectivity index (χ2n) is 8.38. The Balaban J connectivity index is 0.00000144. The van der Waals surface area contributed by atoms with E-state index >= 15 is 0 Å². The van der Waals surface area contributed by atoms with E-state index in [1.165, 1.54) is 17.0 Å². The van der Waals surface area contributed by atoms with E-state index in [0.717, 1.165) is 36.9 Å². The summed E-state index contributed by atoms with van der Waals surface area (Å²) in [4.78, 5) is 18.6. The summed E-state index contributed by atoms with van der Waals surface area (Å²) in [7, 11) is 0. The van der Waals surface area contributed by atoms with Crippen molar-refractivity contribution in [3.63, 3.8) is 0 Å². The van der Waals surface area contributed by atoms with Gasteiger partial charge in [0.25, 0.3) is 0 Å². The number of thiol groups is 1. The van der Waals surface area contributed by atoms with Gasteiger partial charge >= 0.3 is 0 Å². The molecule has 2 aromatic carbocycles. The molecular formula is C25H27Cl2FN2OS. The van der Waals surface area contributed by atoms with Crippen LogP contribution in [-0.2, 0) is 4.79 Å². The number of fused-ring (bicyclic) bond motifs is 1. The highest BCUT2D eigenvalue weighted by Gasteiger charge is 2.40. The number of carbonyl (C=O) groups excluding carboxylic acids is 1. The second kappa shape index (κ2) is 10.4. The van der Waals surface area contributed by atoms with Crippen LogP contribution in [0.1, 0.15) is 36.4 Å². The van der Waals surface area contributed by atoms with Crippen molar-refractivity contribution in [1.82, 2.24) is 9.88 Å². The molecule has 2 heterocycles. The van der Waals surface area contributed by atoms with Crippen molar-refractivity contribution >= 4 is 60.2 Å². The molecule has 1 N–H and O–H groups in total. The number of piperidine rings is 1. The van der Waals surface area contributed by atoms with E-state index < -0.39 is 6.04 Å². The zero-order valence-corrected chi connectivity index (χ0v) is 20.1. The Hall–Kier alpha value is -1.79. The fourth-order valence-corrected chi connectivity index (χ4v) is 4.76. The van der Waals surface area contributed by atoms with E-state index in [9.17, 15) is 9.18 Å². The lowest BCUT2D eigenvalue weighted by Crippen LogP contribution is -2.42. The minimum absolute atomic E-state index is 0. The summed E-state index contributed by atoms with van der Waals surface area (Å²) in [6.07, 6.45) is 6.87. The van der Waals surface area contributed by atoms with E-state index in [-0.39, 0.29) is 47.6 Å². The van der Waals surface area contributed by atoms with Crippen molar-refractivity contribution in [1.29, 1.82) is 0 Å². The molecule has 1 saturated carbocycles. The smallest absolute Gasteiger partial charge is 0.157 e. The maximum Gasteiger partial charge on any atom is 0.157 e. The van der Waals surface area contributed by atoms with E-state index in [4.69, 9.17) is 12.6 Å². The SMILES string of the molecule is Cl.Cl.O=C(C1CC1)C(c1ccccc1F)N1CCC(S)/C(=C/c2c[nH]c3ccccc23)C1. The number of nitrogens with one attached hydrogen (secondary N) is 1. The summed E-state index contributed by atoms with van der Waals surface area (Å²) >= 11 is 4.82. The monoisotopic (exact) mass is 492 g/mol. The van der Waals surface area contributed by atoms with Crippen molar-refractivity contribution in [2.75, 3.05) is 13.1 Å². The molecule has 7 heteroatoms. The Bertz CT molecular complexity index is 1130. The molecule has 0 radical (unpaired) electrons. The molecule has 1 saturated heterocycles. The predicted octanol–water partition coefficient (Wildman–Crippen LogP) is 6.26. The first-order valence-electron chi connectivity index (χ1n) is 10.6. The predicted molar refractivity (Wildman–Crippen MR) is 137 cm³/mol. The molecule has 2 aliphatic rings. The van der Waals surface area contributed by atoms with Crippen LogP contribution in [0, 0.1) is 11.7 Å². The Morgan fingerprint density at radius 2 is 1.81 bits per heavy atom. The zero-order chi connectivity index (χ0) is 20.7. The molecule has 3 aromatic rings. The number of carbonyl (C=O) groups is 1. The molecule has 0 bridgehead atoms. The van der Waals surface area contributed by atoms with Crippen LogP contribution in [0.5, 0.6) is 0 Å². The highest BCUT2D eigenvalue weighted by atomic mass is 35.5. The van der Waals surface area contributed by atoms with Crippen LogP contribution < -0.4 is 0 Å². The molecule has 3 nitrogen and oxygen atoms in total. The number of hydrogen-bond donors (Lipinski definition) is 2. The number of ketones is 1. The first kappa shape index (κ1) is 24.8. The van der Waals surface area contributed by atoms with Crippen LogP contribution in [-0.4, -0.2) is 34.0 Å². The quantitative estimate of drug-likeness (QED) is 0.412. The maximum absolute atomic E-state index is 14.7. The van der Waals surface area contributed by atoms with Gasteiger partial charge in [0.2, 0.25) is 0 Å². The number of nitrogens with zero attached hydrogens (tertiary/aromatic N) is 1. The lowest BCUT2D eigenvalue weighted by Gasteiger charge is -2.37. The largest absolute Gasteiger partial charge is 0.361 e. The third-order valence-corrected chi connectivity index (χ3v) is 6.87. The summed E-state index contributed by atoms with van der Waals surface area (Å²) in [6, 6.07) is 14.4. The molecule has 2 fully saturated rings. The topological polar surface area (TPSA) is 36.1 Å². The highest BCUT2D eigenvalue weighted by molar-refractivity contribution is 7.81. The molecule has 1 aliphatic heterocycles. The number of halogens is 3. The minimum Gasteiger partial charge on any atom is -0.361 e. The van der Waals surface area contributed by atoms with Crippen LogP contribution in [0.15, 0.2) is 60.3 Å². The van der Waals surface area contributed by atoms with E-state index in [0.29, 0.717) is 12.1 Å². The van der Waals surface area contributed by atoms with E-state index in [1.54, 1.807) is 12.1 Å². The number of Topliss-reactive ketones (excluding diaryl/α,β-unsaturated/α-hetero) is 1. The van der Waals surface area contributed by atoms with Gasteiger partial charge in [0.1, 0.15) is 5.82 Å². The van der Waals surface area contributed by atoms with Gasteiger partial charge in [-0.25, -0.2) is 4.39 Å². The highest BCUT2D eigenvalue weighted by Crippen LogP contribution is 2.40. The van der Waals surface area contributed by atoms with Gasteiger partial charge in [-0.2, -0.15) is 12.6 Å². The number of aromatic amines is 1. The van der Waals surface area contributed by atoms with Gasteiger partial charge in [0.15, 0.2) is 5.78 Å². The van der Waals surface area contributed by atoms with Gasteiger partial charge in [0.05, 0.1) is 6.04 Å². The fourth-order valence-electron chi connectivity index (χ4n) is 4.49. The molecule has 2 unspecified atom stereocenters. The van der Waals surface area contributed by atoms with Crippen LogP contribution >= 0.6 is 37.4 Å². The number of likely N-dealkylation sites (tertiary alicyclic amines) is 1. The average Bonchev–Trinajstić information content (AvgIpc) is 3.53. The first-order chi connectivity index (χ1) is 14.6. The van der Waals surface area contributed by atoms with Crippen LogP contribution in [0.3, 0.4) is 0 Å². The van der Waals surface area contributed by atoms with Gasteiger partial charge in [0, 0.05) is 46.9 Å². The number of benzene rings is 2. The summed E-state index contributed by atoms with van der Waals surface area (Å²) in [5.74, 6) is -0.0693. The second-order valence-corrected chi connectivity index (χ2v) is 9.01. The number of para-hydroxylation sites is 1. The Kier molecular flexibility index (Phi) is 8.10. The Morgan fingerprint density at radius 1 is 1.09 bits per heavy atom. The molecule has 1 aromatic heterocycles. The normalized spacial score (nSPS) is 21.1. The van der Waals surface area contributed by atoms with Gasteiger partial charge in [-0.3, -0.25) is 9.69 Å². The molecular weight excluding hydrogens is 466 g/mol. The lowest BCUT2D eigenvalue weighted by molar-refractivity contribution is -0.126. The van der Waals surface area contributed by atoms with Crippen LogP contribution in [0.4, 0.5) is 4.39 Å². The number of rotatable bonds is 5. The minimum atomic E-state index is -0.522. The Labute approximate surface area is 205 Å². The van der Waals surface area contributed by atoms with Crippen LogP contribution in [0.25, 0.3) is 17.0 Å². The van der Waals surface area contributed by atoms with Crippen molar-refractivity contribution < 1.29 is 9.18 Å². The van der Waals surface area contributed by atoms with E-state index in [2.05, 4.69) is 28.1 Å². The van der Waals surface area contributed by atoms with Crippen molar-refractivity contribution in [2.45, 2.75) is 30.6 Å². The van der Waals surface area contributed by atoms with E-state index in [1.807, 2.05) is 24.4 Å². The van der Waals surface area contributed by atoms with Gasteiger partial charge in [-0.15, -0.1) is 24.8 Å². The average molecular weight is 493 g/mol. The summed E-state index contributed by atoms with van der Waals surface area (Å²) < 4.78 is 14.7. The third kappa shape index (κ3) is 4.91. The summed E-state index contributed by atoms with van der Waals surface area (Å²) in [6.45, 7) is 1.35. The van der Waals surface area contributed by atoms with Crippen molar-refractivity contribution in [2.24, 2.45) is 5.92 Å². The standard InChI is InChI=1S/C25H25FN2OS.2ClH/c26-21-7-3-1-6-20(21)24(25(29)16-9-10-16)28-12-11-23(30)18(15-28)13-17-14-27-22-8-4-2-5-19(17)22;;/h1-8,13-14,16,23-24,27,30H,9-12,15H2;2*1H/b18-13+;;. The van der Waals surface area contributed by atoms with Gasteiger partial charge in [-0.1, -0.05) is 42.5 Å². The maximum atomic E-state index is 14.7. The zero-order valence-electron chi connectivity index (χ0n) is 17.5. The Morgan fingerprint density at radius 3 is 2.56 bits per heavy atom. The van der Waals surface area contributed by atoms with Crippen LogP contribution in [0.2, 0.25) is 0 Å². The number of H-pyrrole nitrogens is 1. The molecule has 0 amide bonds. The molecule has 0 spiro atoms. The summed E-state index contributed by atoms with van der Waals surface area (Å²) in [5, 5.41) is 1.30. The molecule has 32 heavy (non-hydrogen) atoms.